The first-order valence-corrected chi connectivity index (χ1v) is 5.80. The third kappa shape index (κ3) is 4.61. The van der Waals surface area contributed by atoms with Crippen molar-refractivity contribution in [3.05, 3.63) is 0 Å². The molecule has 0 aliphatic carbocycles. The number of rotatable bonds is 9. The fourth-order valence-corrected chi connectivity index (χ4v) is 1.87. The molecule has 2 atom stereocenters. The van der Waals surface area contributed by atoms with Crippen molar-refractivity contribution in [2.24, 2.45) is 11.7 Å². The molecular weight excluding hydrogens is 208 g/mol. The molecule has 0 saturated heterocycles. The summed E-state index contributed by atoms with van der Waals surface area (Å²) < 4.78 is 0. The molecular formula is C11H22N2O3. The monoisotopic (exact) mass is 230 g/mol. The van der Waals surface area contributed by atoms with Crippen molar-refractivity contribution >= 4 is 12.3 Å². The number of hydroxylamine groups is 2. The zero-order valence-corrected chi connectivity index (χ0v) is 10.1. The van der Waals surface area contributed by atoms with Crippen LogP contribution in [0.2, 0.25) is 0 Å². The number of primary amides is 1. The summed E-state index contributed by atoms with van der Waals surface area (Å²) >= 11 is 0. The minimum Gasteiger partial charge on any atom is -0.369 e. The highest BCUT2D eigenvalue weighted by Crippen LogP contribution is 2.19. The van der Waals surface area contributed by atoms with E-state index in [2.05, 4.69) is 6.92 Å². The summed E-state index contributed by atoms with van der Waals surface area (Å²) in [6, 6.07) is -0.508. The Morgan fingerprint density at radius 1 is 1.44 bits per heavy atom. The van der Waals surface area contributed by atoms with Gasteiger partial charge in [-0.3, -0.25) is 14.8 Å². The largest absolute Gasteiger partial charge is 0.369 e. The average molecular weight is 230 g/mol. The minimum absolute atomic E-state index is 0.323. The van der Waals surface area contributed by atoms with Crippen molar-refractivity contribution in [2.45, 2.75) is 52.0 Å². The quantitative estimate of drug-likeness (QED) is 0.271. The Bertz CT molecular complexity index is 221. The fourth-order valence-electron chi connectivity index (χ4n) is 1.87. The molecule has 0 aromatic rings. The van der Waals surface area contributed by atoms with Crippen molar-refractivity contribution in [1.82, 2.24) is 5.06 Å². The smallest absolute Gasteiger partial charge is 0.233 e. The first-order chi connectivity index (χ1) is 7.58. The van der Waals surface area contributed by atoms with Crippen LogP contribution in [0.15, 0.2) is 0 Å². The number of amides is 2. The Labute approximate surface area is 96.6 Å². The van der Waals surface area contributed by atoms with E-state index >= 15 is 0 Å². The van der Waals surface area contributed by atoms with Gasteiger partial charge >= 0.3 is 0 Å². The van der Waals surface area contributed by atoms with E-state index in [0.29, 0.717) is 24.3 Å². The number of hydrogen-bond acceptors (Lipinski definition) is 3. The maximum Gasteiger partial charge on any atom is 0.233 e. The van der Waals surface area contributed by atoms with E-state index in [0.717, 1.165) is 19.3 Å². The summed E-state index contributed by atoms with van der Waals surface area (Å²) in [4.78, 5) is 21.8. The molecule has 16 heavy (non-hydrogen) atoms. The molecule has 94 valence electrons. The van der Waals surface area contributed by atoms with Gasteiger partial charge in [-0.15, -0.1) is 0 Å². The molecule has 0 aromatic heterocycles. The molecule has 0 bridgehead atoms. The van der Waals surface area contributed by atoms with E-state index in [9.17, 15) is 14.8 Å². The predicted molar refractivity (Wildman–Crippen MR) is 60.6 cm³/mol. The van der Waals surface area contributed by atoms with Gasteiger partial charge < -0.3 is 5.73 Å². The van der Waals surface area contributed by atoms with E-state index in [-0.39, 0.29) is 0 Å². The second-order valence-electron chi connectivity index (χ2n) is 3.97. The van der Waals surface area contributed by atoms with Crippen LogP contribution < -0.4 is 5.73 Å². The average Bonchev–Trinajstić information content (AvgIpc) is 2.27. The van der Waals surface area contributed by atoms with Gasteiger partial charge in [0.15, 0.2) is 0 Å². The number of carbonyl (C=O) groups is 2. The normalized spacial score (nSPS) is 14.2. The molecule has 0 unspecified atom stereocenters. The van der Waals surface area contributed by atoms with E-state index in [4.69, 9.17) is 5.73 Å². The summed E-state index contributed by atoms with van der Waals surface area (Å²) in [6.07, 6.45) is 4.41. The Balaban J connectivity index is 4.46. The third-order valence-corrected chi connectivity index (χ3v) is 2.81. The van der Waals surface area contributed by atoms with Crippen LogP contribution in [0.3, 0.4) is 0 Å². The van der Waals surface area contributed by atoms with Gasteiger partial charge in [-0.1, -0.05) is 33.1 Å². The number of carbonyl (C=O) groups excluding carboxylic acids is 2. The highest BCUT2D eigenvalue weighted by atomic mass is 16.5. The maximum absolute atomic E-state index is 11.3. The lowest BCUT2D eigenvalue weighted by Crippen LogP contribution is -2.43. The molecule has 0 saturated carbocycles. The molecule has 0 aliphatic rings. The van der Waals surface area contributed by atoms with E-state index in [1.165, 1.54) is 0 Å². The van der Waals surface area contributed by atoms with Gasteiger partial charge in [0.05, 0.1) is 12.0 Å². The molecule has 5 heteroatoms. The Kier molecular flexibility index (Phi) is 7.54. The van der Waals surface area contributed by atoms with Crippen molar-refractivity contribution in [1.29, 1.82) is 0 Å². The molecule has 5 nitrogen and oxygen atoms in total. The number of nitrogens with two attached hydrogens (primary N) is 1. The van der Waals surface area contributed by atoms with Gasteiger partial charge in [-0.05, 0) is 12.8 Å². The number of hydrogen-bond donors (Lipinski definition) is 2. The molecule has 0 heterocycles. The van der Waals surface area contributed by atoms with Gasteiger partial charge in [0.25, 0.3) is 0 Å². The Morgan fingerprint density at radius 3 is 2.44 bits per heavy atom. The van der Waals surface area contributed by atoms with Crippen LogP contribution in [0.1, 0.15) is 46.0 Å². The molecule has 3 N–H and O–H groups in total. The van der Waals surface area contributed by atoms with Crippen molar-refractivity contribution < 1.29 is 14.8 Å². The third-order valence-electron chi connectivity index (χ3n) is 2.81. The second-order valence-corrected chi connectivity index (χ2v) is 3.97. The predicted octanol–water partition coefficient (Wildman–Crippen LogP) is 1.29. The van der Waals surface area contributed by atoms with Gasteiger partial charge in [-0.25, -0.2) is 5.06 Å². The standard InChI is InChI=1S/C11H22N2O3/c1-3-5-6-7-9(11(12)15)10(4-2)13(16)8-14/h8-10,16H,3-7H2,1-2H3,(H2,12,15)/t9-,10-/m1/s1. The molecule has 0 radical (unpaired) electrons. The first kappa shape index (κ1) is 14.9. The lowest BCUT2D eigenvalue weighted by Gasteiger charge is -2.27. The number of unbranched alkanes of at least 4 members (excludes halogenated alkanes) is 2. The molecule has 0 spiro atoms. The molecule has 0 aliphatic heterocycles. The zero-order chi connectivity index (χ0) is 12.6. The van der Waals surface area contributed by atoms with E-state index in [1.54, 1.807) is 0 Å². The van der Waals surface area contributed by atoms with Gasteiger partial charge in [0, 0.05) is 0 Å². The van der Waals surface area contributed by atoms with Gasteiger partial charge in [-0.2, -0.15) is 0 Å². The Morgan fingerprint density at radius 2 is 2.06 bits per heavy atom. The summed E-state index contributed by atoms with van der Waals surface area (Å²) in [7, 11) is 0. The van der Waals surface area contributed by atoms with Crippen LogP contribution in [0.25, 0.3) is 0 Å². The topological polar surface area (TPSA) is 83.6 Å². The van der Waals surface area contributed by atoms with Crippen molar-refractivity contribution in [3.63, 3.8) is 0 Å². The molecule has 2 amide bonds. The summed E-state index contributed by atoms with van der Waals surface area (Å²) in [5.74, 6) is -0.921. The summed E-state index contributed by atoms with van der Waals surface area (Å²) in [5, 5.41) is 9.91. The fraction of sp³-hybridized carbons (Fsp3) is 0.818. The van der Waals surface area contributed by atoms with Crippen LogP contribution >= 0.6 is 0 Å². The van der Waals surface area contributed by atoms with E-state index < -0.39 is 17.9 Å². The SMILES string of the molecule is CCCCC[C@@H](C(N)=O)[C@@H](CC)N(O)C=O. The van der Waals surface area contributed by atoms with Crippen LogP contribution in [0, 0.1) is 5.92 Å². The minimum atomic E-state index is -0.508. The molecule has 0 aromatic carbocycles. The van der Waals surface area contributed by atoms with Crippen LogP contribution in [-0.2, 0) is 9.59 Å². The van der Waals surface area contributed by atoms with Crippen LogP contribution in [-0.4, -0.2) is 28.6 Å². The molecule has 0 rings (SSSR count). The zero-order valence-electron chi connectivity index (χ0n) is 10.1. The first-order valence-electron chi connectivity index (χ1n) is 5.80. The Hall–Kier alpha value is -1.10. The number of nitrogens with zero attached hydrogens (tertiary/aromatic N) is 1. The molecule has 0 fully saturated rings. The maximum atomic E-state index is 11.3. The highest BCUT2D eigenvalue weighted by Gasteiger charge is 2.28. The van der Waals surface area contributed by atoms with Crippen molar-refractivity contribution in [2.75, 3.05) is 0 Å². The van der Waals surface area contributed by atoms with E-state index in [1.807, 2.05) is 6.92 Å². The lowest BCUT2D eigenvalue weighted by atomic mass is 9.91. The highest BCUT2D eigenvalue weighted by molar-refractivity contribution is 5.77. The summed E-state index contributed by atoms with van der Waals surface area (Å²) in [6.45, 7) is 3.88. The summed E-state index contributed by atoms with van der Waals surface area (Å²) in [5.41, 5.74) is 5.30. The van der Waals surface area contributed by atoms with Crippen LogP contribution in [0.5, 0.6) is 0 Å². The van der Waals surface area contributed by atoms with Crippen LogP contribution in [0.4, 0.5) is 0 Å². The van der Waals surface area contributed by atoms with Gasteiger partial charge in [0.1, 0.15) is 0 Å². The lowest BCUT2D eigenvalue weighted by molar-refractivity contribution is -0.168. The second kappa shape index (κ2) is 8.10. The van der Waals surface area contributed by atoms with Crippen molar-refractivity contribution in [3.8, 4) is 0 Å². The van der Waals surface area contributed by atoms with Gasteiger partial charge in [0.2, 0.25) is 12.3 Å².